The van der Waals surface area contributed by atoms with Crippen LogP contribution in [0.2, 0.25) is 0 Å². The van der Waals surface area contributed by atoms with Gasteiger partial charge in [-0.3, -0.25) is 19.2 Å². The number of hydrogen-bond acceptors (Lipinski definition) is 6. The molecule has 2 atom stereocenters. The van der Waals surface area contributed by atoms with E-state index in [1.807, 2.05) is 42.5 Å². The van der Waals surface area contributed by atoms with Gasteiger partial charge in [0.15, 0.2) is 0 Å². The van der Waals surface area contributed by atoms with Crippen molar-refractivity contribution in [1.82, 2.24) is 31.2 Å². The second-order valence-electron chi connectivity index (χ2n) is 11.2. The Morgan fingerprint density at radius 2 is 1.77 bits per heavy atom. The molecule has 5 rings (SSSR count). The summed E-state index contributed by atoms with van der Waals surface area (Å²) in [6.45, 7) is 0.676. The number of nitrogens with one attached hydrogen (secondary N) is 5. The fourth-order valence-electron chi connectivity index (χ4n) is 5.90. The van der Waals surface area contributed by atoms with Gasteiger partial charge in [-0.2, -0.15) is 0 Å². The third-order valence-electron chi connectivity index (χ3n) is 8.28. The smallest absolute Gasteiger partial charge is 0.317 e. The fraction of sp³-hybridized carbons (Fsp3) is 0.406. The van der Waals surface area contributed by atoms with E-state index in [-0.39, 0.29) is 30.7 Å². The molecule has 1 saturated carbocycles. The van der Waals surface area contributed by atoms with E-state index in [1.165, 1.54) is 4.90 Å². The number of aromatic nitrogens is 1. The molecule has 12 heteroatoms. The van der Waals surface area contributed by atoms with E-state index in [0.29, 0.717) is 24.4 Å². The van der Waals surface area contributed by atoms with Gasteiger partial charge in [0.25, 0.3) is 11.8 Å². The standard InChI is InChI=1S/C32H38N6O6/c1-44-26-14-8-13-23-22(26)17-24(35-23)29(40)37-27(21-11-6-3-7-12-21)30(41)36-25(19-38-16-15-33-32(38)43)28(39)31(42)34-18-20-9-4-2-5-10-20/h2,4-5,8-10,13-14,17,21,25,27,35H,3,6-7,11-12,15-16,18-19H2,1H3,(H,33,43)(H,34,42)(H,36,41)(H,37,40)/t25?,27-/m0/s1. The van der Waals surface area contributed by atoms with Crippen molar-refractivity contribution in [3.8, 4) is 5.75 Å². The Bertz CT molecular complexity index is 1520. The number of carbonyl (C=O) groups is 5. The second-order valence-corrected chi connectivity index (χ2v) is 11.2. The van der Waals surface area contributed by atoms with Gasteiger partial charge in [0, 0.05) is 30.5 Å². The Morgan fingerprint density at radius 1 is 1.00 bits per heavy atom. The molecule has 2 heterocycles. The molecule has 2 aliphatic rings. The van der Waals surface area contributed by atoms with Crippen molar-refractivity contribution in [3.63, 3.8) is 0 Å². The van der Waals surface area contributed by atoms with E-state index in [2.05, 4.69) is 26.3 Å². The van der Waals surface area contributed by atoms with Gasteiger partial charge in [-0.1, -0.05) is 55.7 Å². The molecule has 12 nitrogen and oxygen atoms in total. The molecule has 5 amide bonds. The van der Waals surface area contributed by atoms with Crippen LogP contribution in [0.4, 0.5) is 4.79 Å². The minimum absolute atomic E-state index is 0.131. The number of benzene rings is 2. The Morgan fingerprint density at radius 3 is 2.48 bits per heavy atom. The van der Waals surface area contributed by atoms with Crippen molar-refractivity contribution in [2.75, 3.05) is 26.7 Å². The second kappa shape index (κ2) is 14.1. The number of rotatable bonds is 12. The van der Waals surface area contributed by atoms with Crippen molar-refractivity contribution < 1.29 is 28.7 Å². The monoisotopic (exact) mass is 602 g/mol. The summed E-state index contributed by atoms with van der Waals surface area (Å²) in [7, 11) is 1.55. The van der Waals surface area contributed by atoms with Crippen molar-refractivity contribution in [1.29, 1.82) is 0 Å². The molecule has 232 valence electrons. The molecule has 3 aromatic rings. The fourth-order valence-corrected chi connectivity index (χ4v) is 5.90. The highest BCUT2D eigenvalue weighted by Crippen LogP contribution is 2.28. The maximum atomic E-state index is 13.9. The lowest BCUT2D eigenvalue weighted by Gasteiger charge is -2.31. The van der Waals surface area contributed by atoms with Crippen LogP contribution >= 0.6 is 0 Å². The molecule has 44 heavy (non-hydrogen) atoms. The normalized spacial score (nSPS) is 16.6. The Balaban J connectivity index is 1.34. The summed E-state index contributed by atoms with van der Waals surface area (Å²) in [6.07, 6.45) is 4.30. The average Bonchev–Trinajstić information content (AvgIpc) is 3.68. The Hall–Kier alpha value is -4.87. The van der Waals surface area contributed by atoms with Gasteiger partial charge in [0.1, 0.15) is 23.5 Å². The number of hydrogen-bond donors (Lipinski definition) is 5. The van der Waals surface area contributed by atoms with Gasteiger partial charge in [-0.15, -0.1) is 0 Å². The number of H-pyrrole nitrogens is 1. The van der Waals surface area contributed by atoms with E-state index in [4.69, 9.17) is 4.74 Å². The van der Waals surface area contributed by atoms with Crippen LogP contribution in [0.15, 0.2) is 54.6 Å². The number of ketones is 1. The van der Waals surface area contributed by atoms with Crippen LogP contribution in [0, 0.1) is 5.92 Å². The highest BCUT2D eigenvalue weighted by molar-refractivity contribution is 6.38. The Labute approximate surface area is 255 Å². The maximum Gasteiger partial charge on any atom is 0.317 e. The number of methoxy groups -OCH3 is 1. The molecule has 0 bridgehead atoms. The van der Waals surface area contributed by atoms with Crippen LogP contribution < -0.4 is 26.0 Å². The number of nitrogens with zero attached hydrogens (tertiary/aromatic N) is 1. The van der Waals surface area contributed by atoms with Gasteiger partial charge in [-0.05, 0) is 42.5 Å². The molecule has 1 aromatic heterocycles. The van der Waals surface area contributed by atoms with E-state index >= 15 is 0 Å². The van der Waals surface area contributed by atoms with Crippen molar-refractivity contribution in [3.05, 3.63) is 65.9 Å². The maximum absolute atomic E-state index is 13.9. The van der Waals surface area contributed by atoms with Crippen molar-refractivity contribution in [2.45, 2.75) is 50.7 Å². The zero-order chi connectivity index (χ0) is 31.1. The molecular formula is C32H38N6O6. The molecular weight excluding hydrogens is 564 g/mol. The topological polar surface area (TPSA) is 162 Å². The average molecular weight is 603 g/mol. The van der Waals surface area contributed by atoms with E-state index in [1.54, 1.807) is 19.2 Å². The van der Waals surface area contributed by atoms with Crippen molar-refractivity contribution >= 4 is 40.4 Å². The van der Waals surface area contributed by atoms with Crippen LogP contribution in [0.5, 0.6) is 5.75 Å². The number of ether oxygens (including phenoxy) is 1. The number of carbonyl (C=O) groups excluding carboxylic acids is 5. The van der Waals surface area contributed by atoms with Gasteiger partial charge in [0.05, 0.1) is 13.7 Å². The SMILES string of the molecule is COc1cccc2[nH]c(C(=O)N[C@H](C(=O)NC(CN3CCNC3=O)C(=O)C(=O)NCc3ccccc3)C3CCCCC3)cc12. The minimum atomic E-state index is -1.30. The molecule has 5 N–H and O–H groups in total. The van der Waals surface area contributed by atoms with Gasteiger partial charge < -0.3 is 35.9 Å². The van der Waals surface area contributed by atoms with E-state index < -0.39 is 35.6 Å². The predicted octanol–water partition coefficient (Wildman–Crippen LogP) is 2.25. The van der Waals surface area contributed by atoms with E-state index in [9.17, 15) is 24.0 Å². The highest BCUT2D eigenvalue weighted by Gasteiger charge is 2.37. The summed E-state index contributed by atoms with van der Waals surface area (Å²) in [5, 5.41) is 11.6. The van der Waals surface area contributed by atoms with Crippen LogP contribution in [-0.4, -0.2) is 78.2 Å². The molecule has 1 unspecified atom stereocenters. The highest BCUT2D eigenvalue weighted by atomic mass is 16.5. The summed E-state index contributed by atoms with van der Waals surface area (Å²) >= 11 is 0. The first-order valence-electron chi connectivity index (χ1n) is 15.0. The molecule has 1 saturated heterocycles. The van der Waals surface area contributed by atoms with Gasteiger partial charge >= 0.3 is 6.03 Å². The summed E-state index contributed by atoms with van der Waals surface area (Å²) < 4.78 is 5.41. The first-order chi connectivity index (χ1) is 21.3. The van der Waals surface area contributed by atoms with Crippen LogP contribution in [0.3, 0.4) is 0 Å². The lowest BCUT2D eigenvalue weighted by atomic mass is 9.83. The summed E-state index contributed by atoms with van der Waals surface area (Å²) in [5.41, 5.74) is 1.78. The summed E-state index contributed by atoms with van der Waals surface area (Å²) in [5.74, 6) is -2.35. The van der Waals surface area contributed by atoms with Crippen LogP contribution in [0.1, 0.15) is 48.2 Å². The van der Waals surface area contributed by atoms with Gasteiger partial charge in [-0.25, -0.2) is 4.79 Å². The summed E-state index contributed by atoms with van der Waals surface area (Å²) in [6, 6.07) is 13.6. The quantitative estimate of drug-likeness (QED) is 0.200. The van der Waals surface area contributed by atoms with E-state index in [0.717, 1.165) is 43.1 Å². The summed E-state index contributed by atoms with van der Waals surface area (Å²) in [4.78, 5) is 70.5. The van der Waals surface area contributed by atoms with Crippen LogP contribution in [0.25, 0.3) is 10.9 Å². The Kier molecular flexibility index (Phi) is 9.78. The predicted molar refractivity (Wildman–Crippen MR) is 163 cm³/mol. The number of aromatic amines is 1. The van der Waals surface area contributed by atoms with Crippen LogP contribution in [-0.2, 0) is 20.9 Å². The zero-order valence-corrected chi connectivity index (χ0v) is 24.7. The first kappa shape index (κ1) is 30.6. The molecule has 1 aliphatic heterocycles. The third kappa shape index (κ3) is 7.19. The van der Waals surface area contributed by atoms with Gasteiger partial charge in [0.2, 0.25) is 11.7 Å². The first-order valence-corrected chi connectivity index (χ1v) is 15.0. The number of Topliss-reactive ketones (excluding diaryl/α,β-unsaturated/α-hetero) is 1. The lowest BCUT2D eigenvalue weighted by molar-refractivity contribution is -0.140. The molecule has 2 aromatic carbocycles. The number of fused-ring (bicyclic) bond motifs is 1. The molecule has 2 fully saturated rings. The zero-order valence-electron chi connectivity index (χ0n) is 24.7. The number of urea groups is 1. The van der Waals surface area contributed by atoms with Crippen molar-refractivity contribution in [2.24, 2.45) is 5.92 Å². The minimum Gasteiger partial charge on any atom is -0.496 e. The largest absolute Gasteiger partial charge is 0.496 e. The molecule has 0 radical (unpaired) electrons. The number of amides is 5. The molecule has 0 spiro atoms. The molecule has 1 aliphatic carbocycles. The third-order valence-corrected chi connectivity index (χ3v) is 8.28. The lowest BCUT2D eigenvalue weighted by Crippen LogP contribution is -2.59.